The molecular formula is C26H26N2O6. The largest absolute Gasteiger partial charge is 0.480 e. The lowest BCUT2D eigenvalue weighted by Gasteiger charge is -2.20. The van der Waals surface area contributed by atoms with Crippen LogP contribution >= 0.6 is 0 Å². The van der Waals surface area contributed by atoms with Crippen molar-refractivity contribution in [2.45, 2.75) is 45.8 Å². The van der Waals surface area contributed by atoms with Crippen molar-refractivity contribution in [3.8, 4) is 5.75 Å². The third kappa shape index (κ3) is 4.52. The van der Waals surface area contributed by atoms with E-state index in [9.17, 15) is 19.5 Å². The van der Waals surface area contributed by atoms with Crippen LogP contribution in [0, 0.1) is 6.92 Å². The van der Waals surface area contributed by atoms with Gasteiger partial charge in [-0.15, -0.1) is 0 Å². The van der Waals surface area contributed by atoms with Crippen molar-refractivity contribution < 1.29 is 23.8 Å². The zero-order chi connectivity index (χ0) is 24.4. The number of carboxylic acids is 1. The van der Waals surface area contributed by atoms with E-state index in [2.05, 4.69) is 10.3 Å². The molecule has 1 amide bonds. The number of benzene rings is 2. The first kappa shape index (κ1) is 23.1. The second-order valence-electron chi connectivity index (χ2n) is 8.23. The predicted molar refractivity (Wildman–Crippen MR) is 128 cm³/mol. The number of carbonyl (C=O) groups excluding carboxylic acids is 1. The number of hydrogen-bond donors (Lipinski definition) is 3. The van der Waals surface area contributed by atoms with Gasteiger partial charge in [-0.3, -0.25) is 4.79 Å². The van der Waals surface area contributed by atoms with Crippen molar-refractivity contribution in [3.05, 3.63) is 75.8 Å². The van der Waals surface area contributed by atoms with Crippen LogP contribution in [0.25, 0.3) is 21.9 Å². The number of aryl methyl sites for hydroxylation is 2. The first-order chi connectivity index (χ1) is 16.3. The van der Waals surface area contributed by atoms with Gasteiger partial charge in [-0.25, -0.2) is 9.59 Å². The van der Waals surface area contributed by atoms with Crippen LogP contribution in [0.1, 0.15) is 30.5 Å². The summed E-state index contributed by atoms with van der Waals surface area (Å²) in [5.74, 6) is -1.31. The molecular weight excluding hydrogens is 436 g/mol. The summed E-state index contributed by atoms with van der Waals surface area (Å²) in [7, 11) is 0. The van der Waals surface area contributed by atoms with Gasteiger partial charge in [0.05, 0.1) is 0 Å². The quantitative estimate of drug-likeness (QED) is 0.343. The number of rotatable bonds is 8. The second kappa shape index (κ2) is 9.43. The second-order valence-corrected chi connectivity index (χ2v) is 8.23. The molecule has 2 aromatic carbocycles. The van der Waals surface area contributed by atoms with E-state index >= 15 is 0 Å². The number of hydrogen-bond acceptors (Lipinski definition) is 5. The number of para-hydroxylation sites is 1. The Morgan fingerprint density at radius 3 is 2.65 bits per heavy atom. The Morgan fingerprint density at radius 1 is 1.15 bits per heavy atom. The number of aromatic amines is 1. The van der Waals surface area contributed by atoms with Crippen LogP contribution in [0.15, 0.2) is 57.9 Å². The van der Waals surface area contributed by atoms with E-state index in [0.717, 1.165) is 27.4 Å². The molecule has 0 spiro atoms. The molecule has 2 aromatic heterocycles. The van der Waals surface area contributed by atoms with Gasteiger partial charge in [-0.1, -0.05) is 25.1 Å². The Kier molecular flexibility index (Phi) is 6.40. The minimum Gasteiger partial charge on any atom is -0.480 e. The van der Waals surface area contributed by atoms with Gasteiger partial charge < -0.3 is 24.6 Å². The first-order valence-corrected chi connectivity index (χ1v) is 11.1. The topological polar surface area (TPSA) is 122 Å². The average Bonchev–Trinajstić information content (AvgIpc) is 3.22. The van der Waals surface area contributed by atoms with Crippen LogP contribution in [0.2, 0.25) is 0 Å². The molecule has 0 saturated heterocycles. The van der Waals surface area contributed by atoms with E-state index in [1.807, 2.05) is 31.2 Å². The van der Waals surface area contributed by atoms with Crippen LogP contribution < -0.4 is 15.7 Å². The Labute approximate surface area is 195 Å². The Hall–Kier alpha value is -4.07. The van der Waals surface area contributed by atoms with Gasteiger partial charge in [0.1, 0.15) is 17.4 Å². The highest BCUT2D eigenvalue weighted by molar-refractivity contribution is 5.89. The zero-order valence-electron chi connectivity index (χ0n) is 19.2. The molecule has 8 heteroatoms. The third-order valence-corrected chi connectivity index (χ3v) is 5.96. The fourth-order valence-corrected chi connectivity index (χ4v) is 4.08. The minimum absolute atomic E-state index is 0.123. The molecule has 4 rings (SSSR count). The summed E-state index contributed by atoms with van der Waals surface area (Å²) in [5.41, 5.74) is 3.12. The lowest BCUT2D eigenvalue weighted by molar-refractivity contribution is -0.142. The van der Waals surface area contributed by atoms with Crippen LogP contribution in [-0.2, 0) is 22.4 Å². The molecule has 3 N–H and O–H groups in total. The Balaban J connectivity index is 1.51. The number of fused-ring (bicyclic) bond motifs is 2. The summed E-state index contributed by atoms with van der Waals surface area (Å²) in [4.78, 5) is 39.7. The van der Waals surface area contributed by atoms with E-state index in [-0.39, 0.29) is 6.42 Å². The molecule has 0 radical (unpaired) electrons. The Morgan fingerprint density at radius 2 is 1.91 bits per heavy atom. The van der Waals surface area contributed by atoms with Gasteiger partial charge in [0.15, 0.2) is 6.10 Å². The maximum atomic E-state index is 12.8. The minimum atomic E-state index is -1.14. The number of aliphatic carboxylic acids is 1. The number of nitrogens with one attached hydrogen (secondary N) is 2. The van der Waals surface area contributed by atoms with Gasteiger partial charge >= 0.3 is 11.6 Å². The average molecular weight is 463 g/mol. The summed E-state index contributed by atoms with van der Waals surface area (Å²) in [6.07, 6.45) is 1.58. The van der Waals surface area contributed by atoms with E-state index in [1.165, 1.54) is 6.07 Å². The highest BCUT2D eigenvalue weighted by atomic mass is 16.5. The molecule has 0 bridgehead atoms. The monoisotopic (exact) mass is 462 g/mol. The van der Waals surface area contributed by atoms with Gasteiger partial charge in [0, 0.05) is 40.5 Å². The van der Waals surface area contributed by atoms with Crippen molar-refractivity contribution in [1.29, 1.82) is 0 Å². The van der Waals surface area contributed by atoms with Crippen molar-refractivity contribution in [1.82, 2.24) is 10.3 Å². The molecule has 2 heterocycles. The molecule has 176 valence electrons. The fraction of sp³-hybridized carbons (Fsp3) is 0.269. The molecule has 0 saturated carbocycles. The maximum absolute atomic E-state index is 12.8. The van der Waals surface area contributed by atoms with E-state index in [0.29, 0.717) is 23.3 Å². The summed E-state index contributed by atoms with van der Waals surface area (Å²) in [6.45, 7) is 5.25. The standard InChI is InChI=1S/C26H26N2O6/c1-4-16-12-23(29)34-24-14(2)22(10-9-19(16)24)33-15(3)25(30)28-21(26(31)32)11-17-13-27-20-8-6-5-7-18(17)20/h5-10,12-13,15,21,27H,4,11H2,1-3H3,(H,28,30)(H,31,32). The number of carboxylic acid groups (broad SMARTS) is 1. The van der Waals surface area contributed by atoms with Gasteiger partial charge in [-0.05, 0) is 49.6 Å². The van der Waals surface area contributed by atoms with Crippen molar-refractivity contribution >= 4 is 33.7 Å². The first-order valence-electron chi connectivity index (χ1n) is 11.1. The molecule has 0 fully saturated rings. The SMILES string of the molecule is CCc1cc(=O)oc2c(C)c(OC(C)C(=O)NC(Cc3c[nH]c4ccccc34)C(=O)O)ccc12. The summed E-state index contributed by atoms with van der Waals surface area (Å²) in [6, 6.07) is 11.4. The number of amides is 1. The van der Waals surface area contributed by atoms with E-state index < -0.39 is 29.6 Å². The van der Waals surface area contributed by atoms with E-state index in [1.54, 1.807) is 32.2 Å². The smallest absolute Gasteiger partial charge is 0.336 e. The van der Waals surface area contributed by atoms with Crippen molar-refractivity contribution in [2.24, 2.45) is 0 Å². The molecule has 8 nitrogen and oxygen atoms in total. The van der Waals surface area contributed by atoms with E-state index in [4.69, 9.17) is 9.15 Å². The van der Waals surface area contributed by atoms with Crippen LogP contribution in [0.3, 0.4) is 0 Å². The summed E-state index contributed by atoms with van der Waals surface area (Å²) in [5, 5.41) is 14.0. The van der Waals surface area contributed by atoms with Crippen molar-refractivity contribution in [3.63, 3.8) is 0 Å². The molecule has 2 unspecified atom stereocenters. The van der Waals surface area contributed by atoms with Crippen molar-refractivity contribution in [2.75, 3.05) is 0 Å². The van der Waals surface area contributed by atoms with Gasteiger partial charge in [0.25, 0.3) is 5.91 Å². The molecule has 0 aliphatic carbocycles. The van der Waals surface area contributed by atoms with Crippen LogP contribution in [0.4, 0.5) is 0 Å². The molecule has 0 aliphatic rings. The Bertz CT molecular complexity index is 1430. The maximum Gasteiger partial charge on any atom is 0.336 e. The molecule has 2 atom stereocenters. The molecule has 4 aromatic rings. The normalized spacial score (nSPS) is 13.0. The lowest BCUT2D eigenvalue weighted by Crippen LogP contribution is -2.47. The lowest BCUT2D eigenvalue weighted by atomic mass is 10.0. The highest BCUT2D eigenvalue weighted by Crippen LogP contribution is 2.29. The molecule has 0 aliphatic heterocycles. The number of aromatic nitrogens is 1. The number of ether oxygens (including phenoxy) is 1. The van der Waals surface area contributed by atoms with Gasteiger partial charge in [-0.2, -0.15) is 0 Å². The third-order valence-electron chi connectivity index (χ3n) is 5.96. The van der Waals surface area contributed by atoms with Crippen LogP contribution in [0.5, 0.6) is 5.75 Å². The van der Waals surface area contributed by atoms with Gasteiger partial charge in [0.2, 0.25) is 0 Å². The number of carbonyl (C=O) groups is 2. The highest BCUT2D eigenvalue weighted by Gasteiger charge is 2.26. The summed E-state index contributed by atoms with van der Waals surface area (Å²) >= 11 is 0. The molecule has 34 heavy (non-hydrogen) atoms. The predicted octanol–water partition coefficient (Wildman–Crippen LogP) is 3.72. The van der Waals surface area contributed by atoms with Crippen LogP contribution in [-0.4, -0.2) is 34.1 Å². The zero-order valence-corrected chi connectivity index (χ0v) is 19.2. The summed E-state index contributed by atoms with van der Waals surface area (Å²) < 4.78 is 11.2. The fourth-order valence-electron chi connectivity index (χ4n) is 4.08. The number of H-pyrrole nitrogens is 1.